The fraction of sp³-hybridized carbons (Fsp3) is 0.235. The number of hydrogen-bond acceptors (Lipinski definition) is 4. The van der Waals surface area contributed by atoms with Gasteiger partial charge in [-0.1, -0.05) is 32.9 Å². The predicted molar refractivity (Wildman–Crippen MR) is 95.9 cm³/mol. The Hall–Kier alpha value is -2.54. The van der Waals surface area contributed by atoms with Gasteiger partial charge in [0.25, 0.3) is 0 Å². The molecule has 3 rings (SSSR count). The van der Waals surface area contributed by atoms with Gasteiger partial charge in [-0.15, -0.1) is 0 Å². The van der Waals surface area contributed by atoms with Crippen LogP contribution in [0, 0.1) is 16.0 Å². The summed E-state index contributed by atoms with van der Waals surface area (Å²) < 4.78 is 15.5. The largest absolute Gasteiger partial charge is 0.493 e. The minimum Gasteiger partial charge on any atom is -0.493 e. The molecule has 1 aliphatic heterocycles. The van der Waals surface area contributed by atoms with Crippen LogP contribution in [0.4, 0.5) is 4.39 Å². The van der Waals surface area contributed by atoms with E-state index in [9.17, 15) is 9.50 Å². The van der Waals surface area contributed by atoms with Crippen molar-refractivity contribution in [3.8, 4) is 11.6 Å². The highest BCUT2D eigenvalue weighted by Crippen LogP contribution is 2.29. The summed E-state index contributed by atoms with van der Waals surface area (Å²) in [5.41, 5.74) is 1.95. The van der Waals surface area contributed by atoms with Crippen LogP contribution < -0.4 is 0 Å². The summed E-state index contributed by atoms with van der Waals surface area (Å²) >= 11 is 5.23. The van der Waals surface area contributed by atoms with E-state index in [0.717, 1.165) is 11.3 Å². The number of H-pyrrole nitrogens is 1. The van der Waals surface area contributed by atoms with E-state index in [1.165, 1.54) is 10.6 Å². The average Bonchev–Trinajstić information content (AvgIpc) is 3.06. The lowest BCUT2D eigenvalue weighted by atomic mass is 9.86. The Bertz CT molecular complexity index is 944. The first-order valence-corrected chi connectivity index (χ1v) is 7.82. The Morgan fingerprint density at radius 3 is 2.67 bits per heavy atom. The van der Waals surface area contributed by atoms with Gasteiger partial charge in [-0.25, -0.2) is 4.39 Å². The fourth-order valence-corrected chi connectivity index (χ4v) is 2.81. The lowest BCUT2D eigenvalue weighted by Crippen LogP contribution is -2.20. The van der Waals surface area contributed by atoms with Crippen LogP contribution >= 0.6 is 12.2 Å². The number of aromatic nitrogens is 2. The van der Waals surface area contributed by atoms with Crippen LogP contribution in [0.3, 0.4) is 0 Å². The summed E-state index contributed by atoms with van der Waals surface area (Å²) in [5, 5.41) is 18.6. The van der Waals surface area contributed by atoms with Crippen LogP contribution in [0.1, 0.15) is 26.5 Å². The SMILES string of the molecule is CC(C)(C)C1=NN=CC1=Cc1[nH]c(=S)n(-c2ccccc2F)c1O. The van der Waals surface area contributed by atoms with Crippen LogP contribution in [0.15, 0.2) is 40.0 Å². The molecule has 0 radical (unpaired) electrons. The highest BCUT2D eigenvalue weighted by atomic mass is 32.1. The number of allylic oxidation sites excluding steroid dienone is 1. The van der Waals surface area contributed by atoms with Crippen LogP contribution in [0.2, 0.25) is 0 Å². The highest BCUT2D eigenvalue weighted by molar-refractivity contribution is 7.71. The molecule has 0 bridgehead atoms. The summed E-state index contributed by atoms with van der Waals surface area (Å²) in [5.74, 6) is -0.632. The standard InChI is InChI=1S/C17H17FN4OS/c1-17(2,3)14-10(9-19-21-14)8-12-15(23)22(16(24)20-12)13-7-5-4-6-11(13)18/h4-9,23H,1-3H3,(H,20,24). The Labute approximate surface area is 143 Å². The van der Waals surface area contributed by atoms with Crippen molar-refractivity contribution in [2.24, 2.45) is 15.6 Å². The van der Waals surface area contributed by atoms with Crippen LogP contribution in [0.25, 0.3) is 11.8 Å². The molecule has 1 aliphatic rings. The maximum absolute atomic E-state index is 14.0. The quantitative estimate of drug-likeness (QED) is 0.800. The fourth-order valence-electron chi connectivity index (χ4n) is 2.51. The van der Waals surface area contributed by atoms with Gasteiger partial charge in [0.1, 0.15) is 11.5 Å². The number of imidazole rings is 1. The van der Waals surface area contributed by atoms with Gasteiger partial charge in [0.05, 0.1) is 17.6 Å². The van der Waals surface area contributed by atoms with Crippen molar-refractivity contribution in [1.29, 1.82) is 0 Å². The van der Waals surface area contributed by atoms with E-state index in [1.54, 1.807) is 30.5 Å². The first-order valence-electron chi connectivity index (χ1n) is 7.41. The van der Waals surface area contributed by atoms with Gasteiger partial charge < -0.3 is 10.1 Å². The molecule has 7 heteroatoms. The van der Waals surface area contributed by atoms with Gasteiger partial charge in [-0.3, -0.25) is 4.57 Å². The van der Waals surface area contributed by atoms with Crippen molar-refractivity contribution in [2.45, 2.75) is 20.8 Å². The van der Waals surface area contributed by atoms with E-state index < -0.39 is 5.82 Å². The summed E-state index contributed by atoms with van der Waals surface area (Å²) in [6.45, 7) is 6.09. The van der Waals surface area contributed by atoms with Crippen LogP contribution in [0.5, 0.6) is 5.88 Å². The second-order valence-electron chi connectivity index (χ2n) is 6.50. The molecule has 1 aromatic carbocycles. The number of aromatic hydroxyl groups is 1. The number of benzene rings is 1. The zero-order valence-corrected chi connectivity index (χ0v) is 14.4. The maximum atomic E-state index is 14.0. The molecule has 0 atom stereocenters. The first kappa shape index (κ1) is 16.3. The van der Waals surface area contributed by atoms with Crippen LogP contribution in [-0.4, -0.2) is 26.6 Å². The molecule has 0 saturated carbocycles. The van der Waals surface area contributed by atoms with E-state index in [-0.39, 0.29) is 21.8 Å². The van der Waals surface area contributed by atoms with Gasteiger partial charge >= 0.3 is 0 Å². The molecular formula is C17H17FN4OS. The summed E-state index contributed by atoms with van der Waals surface area (Å²) in [6, 6.07) is 6.12. The number of nitrogens with one attached hydrogen (secondary N) is 1. The Morgan fingerprint density at radius 1 is 1.29 bits per heavy atom. The first-order chi connectivity index (χ1) is 11.3. The third-order valence-corrected chi connectivity index (χ3v) is 3.91. The summed E-state index contributed by atoms with van der Waals surface area (Å²) in [6.07, 6.45) is 3.33. The Balaban J connectivity index is 2.10. The molecule has 24 heavy (non-hydrogen) atoms. The van der Waals surface area contributed by atoms with Crippen molar-refractivity contribution < 1.29 is 9.50 Å². The van der Waals surface area contributed by atoms with Gasteiger partial charge in [0.2, 0.25) is 5.88 Å². The van der Waals surface area contributed by atoms with Crippen molar-refractivity contribution in [3.05, 3.63) is 46.1 Å². The highest BCUT2D eigenvalue weighted by Gasteiger charge is 2.25. The Morgan fingerprint density at radius 2 is 2.00 bits per heavy atom. The van der Waals surface area contributed by atoms with E-state index in [0.29, 0.717) is 5.69 Å². The van der Waals surface area contributed by atoms with Gasteiger partial charge in [0, 0.05) is 11.0 Å². The zero-order valence-electron chi connectivity index (χ0n) is 13.5. The molecule has 0 saturated heterocycles. The third-order valence-electron chi connectivity index (χ3n) is 3.63. The lowest BCUT2D eigenvalue weighted by molar-refractivity contribution is 0.438. The number of para-hydroxylation sites is 1. The molecule has 2 aromatic rings. The number of rotatable bonds is 2. The number of halogens is 1. The second kappa shape index (κ2) is 5.83. The normalized spacial score (nSPS) is 16.0. The third kappa shape index (κ3) is 2.82. The molecule has 0 spiro atoms. The number of hydrogen-bond donors (Lipinski definition) is 2. The van der Waals surface area contributed by atoms with E-state index in [4.69, 9.17) is 12.2 Å². The topological polar surface area (TPSA) is 65.7 Å². The number of nitrogens with zero attached hydrogens (tertiary/aromatic N) is 3. The van der Waals surface area contributed by atoms with E-state index >= 15 is 0 Å². The lowest BCUT2D eigenvalue weighted by Gasteiger charge is -2.18. The second-order valence-corrected chi connectivity index (χ2v) is 6.88. The molecule has 0 fully saturated rings. The predicted octanol–water partition coefficient (Wildman–Crippen LogP) is 4.25. The van der Waals surface area contributed by atoms with E-state index in [2.05, 4.69) is 15.2 Å². The molecule has 5 nitrogen and oxygen atoms in total. The average molecular weight is 344 g/mol. The Kier molecular flexibility index (Phi) is 3.96. The van der Waals surface area contributed by atoms with Crippen molar-refractivity contribution in [1.82, 2.24) is 9.55 Å². The molecule has 0 unspecified atom stereocenters. The van der Waals surface area contributed by atoms with Crippen molar-refractivity contribution in [2.75, 3.05) is 0 Å². The summed E-state index contributed by atoms with van der Waals surface area (Å²) in [4.78, 5) is 2.91. The molecule has 2 N–H and O–H groups in total. The summed E-state index contributed by atoms with van der Waals surface area (Å²) in [7, 11) is 0. The van der Waals surface area contributed by atoms with Crippen LogP contribution in [-0.2, 0) is 0 Å². The smallest absolute Gasteiger partial charge is 0.222 e. The van der Waals surface area contributed by atoms with E-state index in [1.807, 2.05) is 20.8 Å². The zero-order chi connectivity index (χ0) is 17.5. The molecule has 124 valence electrons. The molecule has 2 heterocycles. The minimum atomic E-state index is -0.471. The number of aromatic amines is 1. The van der Waals surface area contributed by atoms with Crippen molar-refractivity contribution in [3.63, 3.8) is 0 Å². The van der Waals surface area contributed by atoms with Gasteiger partial charge in [-0.2, -0.15) is 10.2 Å². The minimum absolute atomic E-state index is 0.161. The van der Waals surface area contributed by atoms with Crippen molar-refractivity contribution >= 4 is 30.2 Å². The molecular weight excluding hydrogens is 327 g/mol. The monoisotopic (exact) mass is 344 g/mol. The molecule has 1 aromatic heterocycles. The molecule has 0 aliphatic carbocycles. The molecule has 0 amide bonds. The maximum Gasteiger partial charge on any atom is 0.222 e. The van der Waals surface area contributed by atoms with Gasteiger partial charge in [0.15, 0.2) is 4.77 Å². The van der Waals surface area contributed by atoms with Gasteiger partial charge in [-0.05, 0) is 30.4 Å².